The minimum atomic E-state index is -0.352. The van der Waals surface area contributed by atoms with Gasteiger partial charge in [-0.05, 0) is 26.7 Å². The first kappa shape index (κ1) is 14.5. The van der Waals surface area contributed by atoms with E-state index >= 15 is 0 Å². The number of aliphatic hydroxyl groups is 1. The van der Waals surface area contributed by atoms with E-state index in [2.05, 4.69) is 10.4 Å². The molecule has 6 heteroatoms. The van der Waals surface area contributed by atoms with Crippen LogP contribution in [-0.4, -0.2) is 33.4 Å². The molecule has 1 rings (SSSR count). The van der Waals surface area contributed by atoms with Crippen LogP contribution in [0.1, 0.15) is 31.2 Å². The summed E-state index contributed by atoms with van der Waals surface area (Å²) in [6, 6.07) is 0. The summed E-state index contributed by atoms with van der Waals surface area (Å²) >= 11 is 0. The highest BCUT2D eigenvalue weighted by Crippen LogP contribution is 2.14. The number of carbonyl (C=O) groups excluding carboxylic acids is 1. The monoisotopic (exact) mass is 254 g/mol. The molecule has 0 bridgehead atoms. The Morgan fingerprint density at radius 3 is 2.72 bits per heavy atom. The van der Waals surface area contributed by atoms with Gasteiger partial charge in [-0.3, -0.25) is 9.48 Å². The van der Waals surface area contributed by atoms with Gasteiger partial charge >= 0.3 is 0 Å². The second-order valence-electron chi connectivity index (χ2n) is 4.44. The lowest BCUT2D eigenvalue weighted by atomic mass is 10.2. The van der Waals surface area contributed by atoms with Crippen molar-refractivity contribution >= 4 is 11.6 Å². The van der Waals surface area contributed by atoms with E-state index in [0.717, 1.165) is 11.4 Å². The Kier molecular flexibility index (Phi) is 5.15. The number of nitrogen functional groups attached to an aromatic ring is 1. The van der Waals surface area contributed by atoms with Crippen molar-refractivity contribution in [3.63, 3.8) is 0 Å². The van der Waals surface area contributed by atoms with Gasteiger partial charge in [0.2, 0.25) is 5.91 Å². The summed E-state index contributed by atoms with van der Waals surface area (Å²) in [6.45, 7) is 6.19. The number of carbonyl (C=O) groups is 1. The van der Waals surface area contributed by atoms with Crippen molar-refractivity contribution in [3.8, 4) is 0 Å². The van der Waals surface area contributed by atoms with Crippen molar-refractivity contribution < 1.29 is 9.90 Å². The van der Waals surface area contributed by atoms with E-state index in [0.29, 0.717) is 25.1 Å². The van der Waals surface area contributed by atoms with E-state index < -0.39 is 0 Å². The summed E-state index contributed by atoms with van der Waals surface area (Å²) in [5.74, 6) is -0.121. The number of hydrogen-bond donors (Lipinski definition) is 3. The number of hydrogen-bond acceptors (Lipinski definition) is 4. The van der Waals surface area contributed by atoms with Crippen molar-refractivity contribution in [3.05, 3.63) is 11.4 Å². The molecule has 0 aliphatic rings. The Morgan fingerprint density at radius 2 is 2.22 bits per heavy atom. The molecule has 0 aliphatic carbocycles. The first-order chi connectivity index (χ1) is 8.45. The molecule has 1 unspecified atom stereocenters. The second kappa shape index (κ2) is 6.39. The molecule has 0 aliphatic heterocycles. The molecule has 0 aromatic carbocycles. The maximum Gasteiger partial charge on any atom is 0.241 e. The molecule has 1 aromatic rings. The fourth-order valence-electron chi connectivity index (χ4n) is 1.64. The highest BCUT2D eigenvalue weighted by atomic mass is 16.3. The van der Waals surface area contributed by atoms with Crippen LogP contribution in [0.5, 0.6) is 0 Å². The number of aliphatic hydroxyl groups excluding tert-OH is 1. The van der Waals surface area contributed by atoms with E-state index in [-0.39, 0.29) is 18.6 Å². The van der Waals surface area contributed by atoms with Gasteiger partial charge in [0, 0.05) is 6.54 Å². The molecule has 0 spiro atoms. The number of aromatic nitrogens is 2. The molecular formula is C12H22N4O2. The smallest absolute Gasteiger partial charge is 0.241 e. The molecule has 4 N–H and O–H groups in total. The summed E-state index contributed by atoms with van der Waals surface area (Å²) < 4.78 is 1.59. The number of aryl methyl sites for hydroxylation is 1. The Morgan fingerprint density at radius 1 is 1.56 bits per heavy atom. The lowest BCUT2D eigenvalue weighted by molar-refractivity contribution is -0.121. The summed E-state index contributed by atoms with van der Waals surface area (Å²) in [4.78, 5) is 11.7. The molecule has 1 amide bonds. The SMILES string of the molecule is CCC(O)CCNC(=O)Cn1nc(C)c(N)c1C. The molecule has 0 saturated heterocycles. The van der Waals surface area contributed by atoms with Gasteiger partial charge in [-0.2, -0.15) is 5.10 Å². The molecule has 0 fully saturated rings. The van der Waals surface area contributed by atoms with Crippen molar-refractivity contribution in [2.24, 2.45) is 0 Å². The average molecular weight is 254 g/mol. The van der Waals surface area contributed by atoms with Crippen LogP contribution in [-0.2, 0) is 11.3 Å². The normalized spacial score (nSPS) is 12.4. The van der Waals surface area contributed by atoms with Crippen LogP contribution in [0.3, 0.4) is 0 Å². The fraction of sp³-hybridized carbons (Fsp3) is 0.667. The van der Waals surface area contributed by atoms with Crippen molar-refractivity contribution in [1.82, 2.24) is 15.1 Å². The predicted octanol–water partition coefficient (Wildman–Crippen LogP) is 0.359. The van der Waals surface area contributed by atoms with Crippen LogP contribution in [0.2, 0.25) is 0 Å². The molecule has 102 valence electrons. The van der Waals surface area contributed by atoms with Gasteiger partial charge in [0.1, 0.15) is 6.54 Å². The lowest BCUT2D eigenvalue weighted by Gasteiger charge is -2.09. The van der Waals surface area contributed by atoms with Gasteiger partial charge in [-0.25, -0.2) is 0 Å². The molecule has 1 heterocycles. The molecule has 0 saturated carbocycles. The van der Waals surface area contributed by atoms with Gasteiger partial charge in [0.25, 0.3) is 0 Å². The minimum Gasteiger partial charge on any atom is -0.396 e. The molecule has 6 nitrogen and oxygen atoms in total. The van der Waals surface area contributed by atoms with E-state index in [1.165, 1.54) is 0 Å². The first-order valence-corrected chi connectivity index (χ1v) is 6.20. The molecular weight excluding hydrogens is 232 g/mol. The number of rotatable bonds is 6. The highest BCUT2D eigenvalue weighted by Gasteiger charge is 2.11. The topological polar surface area (TPSA) is 93.2 Å². The highest BCUT2D eigenvalue weighted by molar-refractivity contribution is 5.75. The Hall–Kier alpha value is -1.56. The zero-order valence-corrected chi connectivity index (χ0v) is 11.2. The summed E-state index contributed by atoms with van der Waals surface area (Å²) in [7, 11) is 0. The van der Waals surface area contributed by atoms with Gasteiger partial charge in [0.05, 0.1) is 23.2 Å². The second-order valence-corrected chi connectivity index (χ2v) is 4.44. The maximum atomic E-state index is 11.7. The van der Waals surface area contributed by atoms with Crippen LogP contribution >= 0.6 is 0 Å². The third kappa shape index (κ3) is 3.73. The summed E-state index contributed by atoms with van der Waals surface area (Å²) in [5.41, 5.74) is 7.96. The van der Waals surface area contributed by atoms with Gasteiger partial charge < -0.3 is 16.2 Å². The van der Waals surface area contributed by atoms with Crippen LogP contribution < -0.4 is 11.1 Å². The van der Waals surface area contributed by atoms with Crippen molar-refractivity contribution in [1.29, 1.82) is 0 Å². The number of nitrogens with zero attached hydrogens (tertiary/aromatic N) is 2. The largest absolute Gasteiger partial charge is 0.396 e. The van der Waals surface area contributed by atoms with E-state index in [1.807, 2.05) is 20.8 Å². The van der Waals surface area contributed by atoms with E-state index in [9.17, 15) is 9.90 Å². The number of nitrogens with two attached hydrogens (primary N) is 1. The quantitative estimate of drug-likeness (QED) is 0.683. The minimum absolute atomic E-state index is 0.121. The molecule has 1 atom stereocenters. The van der Waals surface area contributed by atoms with Gasteiger partial charge in [0.15, 0.2) is 0 Å². The summed E-state index contributed by atoms with van der Waals surface area (Å²) in [6.07, 6.45) is 0.917. The first-order valence-electron chi connectivity index (χ1n) is 6.20. The van der Waals surface area contributed by atoms with Gasteiger partial charge in [-0.1, -0.05) is 6.92 Å². The molecule has 18 heavy (non-hydrogen) atoms. The lowest BCUT2D eigenvalue weighted by Crippen LogP contribution is -2.30. The summed E-state index contributed by atoms with van der Waals surface area (Å²) in [5, 5.41) is 16.3. The van der Waals surface area contributed by atoms with Crippen LogP contribution in [0, 0.1) is 13.8 Å². The average Bonchev–Trinajstić information content (AvgIpc) is 2.56. The zero-order valence-electron chi connectivity index (χ0n) is 11.2. The Bertz CT molecular complexity index is 414. The number of nitrogens with one attached hydrogen (secondary N) is 1. The Labute approximate surface area is 107 Å². The third-order valence-electron chi connectivity index (χ3n) is 3.00. The van der Waals surface area contributed by atoms with Crippen molar-refractivity contribution in [2.75, 3.05) is 12.3 Å². The zero-order chi connectivity index (χ0) is 13.7. The van der Waals surface area contributed by atoms with Crippen LogP contribution in [0.15, 0.2) is 0 Å². The van der Waals surface area contributed by atoms with Crippen molar-refractivity contribution in [2.45, 2.75) is 46.3 Å². The fourth-order valence-corrected chi connectivity index (χ4v) is 1.64. The standard InChI is InChI=1S/C12H22N4O2/c1-4-10(17)5-6-14-11(18)7-16-9(3)12(13)8(2)15-16/h10,17H,4-7,13H2,1-3H3,(H,14,18). The molecule has 0 radical (unpaired) electrons. The van der Waals surface area contributed by atoms with Gasteiger partial charge in [-0.15, -0.1) is 0 Å². The number of amides is 1. The van der Waals surface area contributed by atoms with E-state index in [1.54, 1.807) is 4.68 Å². The van der Waals surface area contributed by atoms with E-state index in [4.69, 9.17) is 5.73 Å². The molecule has 1 aromatic heterocycles. The predicted molar refractivity (Wildman–Crippen MR) is 70.0 cm³/mol. The maximum absolute atomic E-state index is 11.7. The van der Waals surface area contributed by atoms with Crippen LogP contribution in [0.25, 0.3) is 0 Å². The third-order valence-corrected chi connectivity index (χ3v) is 3.00. The number of anilines is 1. The van der Waals surface area contributed by atoms with Crippen LogP contribution in [0.4, 0.5) is 5.69 Å². The Balaban J connectivity index is 2.43.